The molecule has 0 aliphatic rings. The average molecular weight is 301 g/mol. The van der Waals surface area contributed by atoms with Crippen molar-refractivity contribution >= 4 is 39.2 Å². The van der Waals surface area contributed by atoms with Gasteiger partial charge in [0.1, 0.15) is 5.69 Å². The molecule has 0 radical (unpaired) electrons. The second-order valence-corrected chi connectivity index (χ2v) is 3.81. The molecular formula is C8H9BrN6O2. The van der Waals surface area contributed by atoms with E-state index in [4.69, 9.17) is 17.2 Å². The predicted molar refractivity (Wildman–Crippen MR) is 67.9 cm³/mol. The Hall–Kier alpha value is -2.16. The topological polar surface area (TPSA) is 146 Å². The zero-order valence-electron chi connectivity index (χ0n) is 8.50. The number of benzene rings is 1. The number of aliphatic imine (C=N–C) groups is 2. The van der Waals surface area contributed by atoms with Crippen molar-refractivity contribution in [1.82, 2.24) is 0 Å². The lowest BCUT2D eigenvalue weighted by Crippen LogP contribution is -2.26. The van der Waals surface area contributed by atoms with Gasteiger partial charge in [0.2, 0.25) is 5.96 Å². The average Bonchev–Trinajstić information content (AvgIpc) is 2.19. The largest absolute Gasteiger partial charge is 0.370 e. The number of nitro groups is 1. The first-order valence-electron chi connectivity index (χ1n) is 4.28. The van der Waals surface area contributed by atoms with Crippen molar-refractivity contribution in [2.45, 2.75) is 0 Å². The highest BCUT2D eigenvalue weighted by Gasteiger charge is 2.13. The number of nitro benzene ring substituents is 1. The van der Waals surface area contributed by atoms with E-state index in [1.165, 1.54) is 12.1 Å². The maximum Gasteiger partial charge on any atom is 0.296 e. The second-order valence-electron chi connectivity index (χ2n) is 2.90. The van der Waals surface area contributed by atoms with Crippen molar-refractivity contribution in [3.63, 3.8) is 0 Å². The quantitative estimate of drug-likeness (QED) is 0.316. The first-order chi connectivity index (χ1) is 7.90. The maximum absolute atomic E-state index is 10.8. The summed E-state index contributed by atoms with van der Waals surface area (Å²) in [6.07, 6.45) is 0. The Morgan fingerprint density at radius 3 is 2.53 bits per heavy atom. The molecule has 17 heavy (non-hydrogen) atoms. The summed E-state index contributed by atoms with van der Waals surface area (Å²) >= 11 is 3.12. The number of hydrogen-bond acceptors (Lipinski definition) is 3. The van der Waals surface area contributed by atoms with Gasteiger partial charge in [-0.2, -0.15) is 4.99 Å². The zero-order valence-corrected chi connectivity index (χ0v) is 10.1. The molecule has 0 atom stereocenters. The zero-order chi connectivity index (χ0) is 13.0. The lowest BCUT2D eigenvalue weighted by molar-refractivity contribution is -0.384. The van der Waals surface area contributed by atoms with Gasteiger partial charge in [0, 0.05) is 10.5 Å². The standard InChI is InChI=1S/C8H9BrN6O2/c9-4-1-2-5(6(3-4)15(16)17)13-8(12)14-7(10)11/h1-3H,(H6,10,11,12,13,14). The van der Waals surface area contributed by atoms with Crippen molar-refractivity contribution in [2.24, 2.45) is 27.2 Å². The first-order valence-corrected chi connectivity index (χ1v) is 5.07. The Morgan fingerprint density at radius 2 is 2.00 bits per heavy atom. The van der Waals surface area contributed by atoms with E-state index in [1.807, 2.05) is 0 Å². The van der Waals surface area contributed by atoms with Crippen LogP contribution >= 0.6 is 15.9 Å². The van der Waals surface area contributed by atoms with Crippen molar-refractivity contribution < 1.29 is 4.92 Å². The van der Waals surface area contributed by atoms with Crippen LogP contribution in [0.15, 0.2) is 32.7 Å². The van der Waals surface area contributed by atoms with Gasteiger partial charge < -0.3 is 17.2 Å². The Bertz CT molecular complexity index is 509. The summed E-state index contributed by atoms with van der Waals surface area (Å²) in [5.74, 6) is -0.526. The van der Waals surface area contributed by atoms with Gasteiger partial charge in [0.25, 0.3) is 5.69 Å². The van der Waals surface area contributed by atoms with E-state index in [-0.39, 0.29) is 23.3 Å². The molecule has 90 valence electrons. The van der Waals surface area contributed by atoms with Crippen LogP contribution in [0.2, 0.25) is 0 Å². The Balaban J connectivity index is 3.23. The van der Waals surface area contributed by atoms with E-state index in [0.717, 1.165) is 0 Å². The Kier molecular flexibility index (Phi) is 3.99. The van der Waals surface area contributed by atoms with Gasteiger partial charge in [-0.3, -0.25) is 10.1 Å². The molecule has 0 spiro atoms. The fraction of sp³-hybridized carbons (Fsp3) is 0. The van der Waals surface area contributed by atoms with Crippen LogP contribution in [0.3, 0.4) is 0 Å². The molecular weight excluding hydrogens is 292 g/mol. The molecule has 9 heteroatoms. The second kappa shape index (κ2) is 5.25. The van der Waals surface area contributed by atoms with Crippen molar-refractivity contribution in [3.8, 4) is 0 Å². The summed E-state index contributed by atoms with van der Waals surface area (Å²) in [6.45, 7) is 0. The SMILES string of the molecule is NC(N)=NC(N)=Nc1ccc(Br)cc1[N+](=O)[O-]. The van der Waals surface area contributed by atoms with Crippen LogP contribution in [0.25, 0.3) is 0 Å². The van der Waals surface area contributed by atoms with Crippen molar-refractivity contribution in [3.05, 3.63) is 32.8 Å². The Labute approximate surface area is 104 Å². The van der Waals surface area contributed by atoms with E-state index >= 15 is 0 Å². The molecule has 0 aliphatic heterocycles. The molecule has 0 fully saturated rings. The minimum absolute atomic E-state index is 0.0701. The minimum atomic E-state index is -0.577. The van der Waals surface area contributed by atoms with Crippen LogP contribution in [-0.2, 0) is 0 Å². The predicted octanol–water partition coefficient (Wildman–Crippen LogP) is 0.577. The van der Waals surface area contributed by atoms with Crippen LogP contribution in [-0.4, -0.2) is 16.8 Å². The van der Waals surface area contributed by atoms with Gasteiger partial charge in [-0.1, -0.05) is 15.9 Å². The molecule has 1 aromatic rings. The summed E-state index contributed by atoms with van der Waals surface area (Å²) in [5, 5.41) is 10.8. The molecule has 0 saturated heterocycles. The number of nitrogens with two attached hydrogens (primary N) is 3. The molecule has 0 heterocycles. The molecule has 0 bridgehead atoms. The molecule has 0 aliphatic carbocycles. The summed E-state index contributed by atoms with van der Waals surface area (Å²) in [5.41, 5.74) is 15.4. The monoisotopic (exact) mass is 300 g/mol. The molecule has 0 saturated carbocycles. The molecule has 0 aromatic heterocycles. The number of guanidine groups is 2. The van der Waals surface area contributed by atoms with Crippen LogP contribution in [0.1, 0.15) is 0 Å². The highest BCUT2D eigenvalue weighted by Crippen LogP contribution is 2.30. The van der Waals surface area contributed by atoms with E-state index in [2.05, 4.69) is 25.9 Å². The van der Waals surface area contributed by atoms with E-state index in [0.29, 0.717) is 4.47 Å². The van der Waals surface area contributed by atoms with Gasteiger partial charge in [-0.05, 0) is 12.1 Å². The first kappa shape index (κ1) is 12.9. The molecule has 0 unspecified atom stereocenters. The molecule has 6 N–H and O–H groups in total. The lowest BCUT2D eigenvalue weighted by Gasteiger charge is -1.99. The normalized spacial score (nSPS) is 11.0. The number of hydrogen-bond donors (Lipinski definition) is 3. The third kappa shape index (κ3) is 3.72. The molecule has 1 aromatic carbocycles. The molecule has 8 nitrogen and oxygen atoms in total. The highest BCUT2D eigenvalue weighted by atomic mass is 79.9. The van der Waals surface area contributed by atoms with Gasteiger partial charge in [-0.15, -0.1) is 0 Å². The number of rotatable bonds is 2. The van der Waals surface area contributed by atoms with Gasteiger partial charge in [-0.25, -0.2) is 4.99 Å². The molecule has 0 amide bonds. The van der Waals surface area contributed by atoms with E-state index in [1.54, 1.807) is 6.07 Å². The third-order valence-electron chi connectivity index (χ3n) is 1.61. The van der Waals surface area contributed by atoms with Crippen LogP contribution in [0, 0.1) is 10.1 Å². The summed E-state index contributed by atoms with van der Waals surface area (Å²) in [7, 11) is 0. The van der Waals surface area contributed by atoms with Crippen molar-refractivity contribution in [1.29, 1.82) is 0 Å². The summed E-state index contributed by atoms with van der Waals surface area (Å²) in [6, 6.07) is 4.33. The van der Waals surface area contributed by atoms with Gasteiger partial charge in [0.05, 0.1) is 4.92 Å². The van der Waals surface area contributed by atoms with Gasteiger partial charge >= 0.3 is 0 Å². The van der Waals surface area contributed by atoms with Gasteiger partial charge in [0.15, 0.2) is 5.96 Å². The lowest BCUT2D eigenvalue weighted by atomic mass is 10.3. The van der Waals surface area contributed by atoms with Crippen LogP contribution in [0.5, 0.6) is 0 Å². The fourth-order valence-corrected chi connectivity index (χ4v) is 1.37. The highest BCUT2D eigenvalue weighted by molar-refractivity contribution is 9.10. The summed E-state index contributed by atoms with van der Waals surface area (Å²) < 4.78 is 0.559. The minimum Gasteiger partial charge on any atom is -0.370 e. The fourth-order valence-electron chi connectivity index (χ4n) is 1.02. The van der Waals surface area contributed by atoms with Crippen LogP contribution in [0.4, 0.5) is 11.4 Å². The summed E-state index contributed by atoms with van der Waals surface area (Å²) in [4.78, 5) is 17.4. The number of nitrogens with zero attached hydrogens (tertiary/aromatic N) is 3. The number of halogens is 1. The van der Waals surface area contributed by atoms with E-state index < -0.39 is 4.92 Å². The Morgan fingerprint density at radius 1 is 1.35 bits per heavy atom. The van der Waals surface area contributed by atoms with Crippen molar-refractivity contribution in [2.75, 3.05) is 0 Å². The molecule has 1 rings (SSSR count). The third-order valence-corrected chi connectivity index (χ3v) is 2.11. The smallest absolute Gasteiger partial charge is 0.296 e. The maximum atomic E-state index is 10.8. The van der Waals surface area contributed by atoms with E-state index in [9.17, 15) is 10.1 Å². The van der Waals surface area contributed by atoms with Crippen LogP contribution < -0.4 is 17.2 Å².